The third-order valence-electron chi connectivity index (χ3n) is 4.85. The van der Waals surface area contributed by atoms with Crippen molar-refractivity contribution in [2.75, 3.05) is 19.7 Å². The Labute approximate surface area is 137 Å². The van der Waals surface area contributed by atoms with E-state index < -0.39 is 0 Å². The second-order valence-electron chi connectivity index (χ2n) is 6.53. The summed E-state index contributed by atoms with van der Waals surface area (Å²) < 4.78 is 5.93. The predicted octanol–water partition coefficient (Wildman–Crippen LogP) is 3.65. The van der Waals surface area contributed by atoms with Gasteiger partial charge in [0, 0.05) is 24.6 Å². The maximum Gasteiger partial charge on any atom is 0.235 e. The molecule has 3 rings (SSSR count). The van der Waals surface area contributed by atoms with Crippen molar-refractivity contribution >= 4 is 17.7 Å². The highest BCUT2D eigenvalue weighted by atomic mass is 32.2. The molecule has 0 saturated carbocycles. The second-order valence-corrected chi connectivity index (χ2v) is 7.95. The summed E-state index contributed by atoms with van der Waals surface area (Å²) in [6.45, 7) is 6.68. The van der Waals surface area contributed by atoms with E-state index in [1.165, 1.54) is 23.3 Å². The summed E-state index contributed by atoms with van der Waals surface area (Å²) in [5.41, 5.74) is 1.34. The molecule has 120 valence electrons. The van der Waals surface area contributed by atoms with Crippen molar-refractivity contribution in [2.45, 2.75) is 55.3 Å². The van der Waals surface area contributed by atoms with E-state index in [1.807, 2.05) is 11.8 Å². The maximum atomic E-state index is 12.6. The average Bonchev–Trinajstić information content (AvgIpc) is 2.98. The van der Waals surface area contributed by atoms with Crippen LogP contribution in [0.1, 0.15) is 38.2 Å². The third kappa shape index (κ3) is 3.49. The van der Waals surface area contributed by atoms with E-state index in [1.54, 1.807) is 11.8 Å². The lowest BCUT2D eigenvalue weighted by atomic mass is 9.88. The highest BCUT2D eigenvalue weighted by Gasteiger charge is 2.39. The molecule has 2 saturated heterocycles. The molecule has 2 aliphatic heterocycles. The van der Waals surface area contributed by atoms with Crippen LogP contribution in [0, 0.1) is 6.92 Å². The topological polar surface area (TPSA) is 29.5 Å². The fourth-order valence-electron chi connectivity index (χ4n) is 3.41. The summed E-state index contributed by atoms with van der Waals surface area (Å²) in [5, 5.41) is -0.0266. The van der Waals surface area contributed by atoms with Crippen LogP contribution in [0.15, 0.2) is 29.2 Å². The standard InChI is InChI=1S/C18H25NO2S/c1-14-4-6-16(7-5-14)22-15(2)17(20)19-11-9-18(10-12-19)8-3-13-21-18/h4-7,15H,3,8-13H2,1-2H3. The van der Waals surface area contributed by atoms with Crippen LogP contribution < -0.4 is 0 Å². The van der Waals surface area contributed by atoms with Gasteiger partial charge in [-0.15, -0.1) is 11.8 Å². The number of benzene rings is 1. The largest absolute Gasteiger partial charge is 0.375 e. The van der Waals surface area contributed by atoms with Gasteiger partial charge in [0.25, 0.3) is 0 Å². The lowest BCUT2D eigenvalue weighted by Gasteiger charge is -2.39. The number of amides is 1. The maximum absolute atomic E-state index is 12.6. The van der Waals surface area contributed by atoms with Gasteiger partial charge >= 0.3 is 0 Å². The van der Waals surface area contributed by atoms with Gasteiger partial charge < -0.3 is 9.64 Å². The van der Waals surface area contributed by atoms with Crippen molar-refractivity contribution in [1.82, 2.24) is 4.90 Å². The molecule has 0 N–H and O–H groups in total. The summed E-state index contributed by atoms with van der Waals surface area (Å²) >= 11 is 1.66. The molecule has 1 aromatic carbocycles. The van der Waals surface area contributed by atoms with E-state index in [4.69, 9.17) is 4.74 Å². The number of carbonyl (C=O) groups is 1. The number of hydrogen-bond donors (Lipinski definition) is 0. The number of nitrogens with zero attached hydrogens (tertiary/aromatic N) is 1. The zero-order chi connectivity index (χ0) is 15.6. The number of aryl methyl sites for hydroxylation is 1. The fraction of sp³-hybridized carbons (Fsp3) is 0.611. The molecule has 2 aliphatic rings. The quantitative estimate of drug-likeness (QED) is 0.797. The Morgan fingerprint density at radius 1 is 1.23 bits per heavy atom. The first-order chi connectivity index (χ1) is 10.6. The van der Waals surface area contributed by atoms with E-state index in [0.717, 1.165) is 32.5 Å². The summed E-state index contributed by atoms with van der Waals surface area (Å²) in [6, 6.07) is 8.39. The molecular formula is C18H25NO2S. The molecule has 2 fully saturated rings. The van der Waals surface area contributed by atoms with Crippen LogP contribution in [0.5, 0.6) is 0 Å². The highest BCUT2D eigenvalue weighted by molar-refractivity contribution is 8.00. The van der Waals surface area contributed by atoms with Gasteiger partial charge in [-0.2, -0.15) is 0 Å². The second kappa shape index (κ2) is 6.63. The first-order valence-electron chi connectivity index (χ1n) is 8.24. The number of likely N-dealkylation sites (tertiary alicyclic amines) is 1. The van der Waals surface area contributed by atoms with Gasteiger partial charge in [0.2, 0.25) is 5.91 Å². The molecule has 4 heteroatoms. The van der Waals surface area contributed by atoms with Crippen LogP contribution >= 0.6 is 11.8 Å². The number of hydrogen-bond acceptors (Lipinski definition) is 3. The lowest BCUT2D eigenvalue weighted by molar-refractivity contribution is -0.135. The summed E-state index contributed by atoms with van der Waals surface area (Å²) in [6.07, 6.45) is 4.34. The number of ether oxygens (including phenoxy) is 1. The molecule has 2 heterocycles. The zero-order valence-corrected chi connectivity index (χ0v) is 14.3. The van der Waals surface area contributed by atoms with Crippen molar-refractivity contribution in [3.8, 4) is 0 Å². The van der Waals surface area contributed by atoms with Crippen molar-refractivity contribution in [2.24, 2.45) is 0 Å². The number of carbonyl (C=O) groups excluding carboxylic acids is 1. The summed E-state index contributed by atoms with van der Waals surface area (Å²) in [5.74, 6) is 0.262. The van der Waals surface area contributed by atoms with E-state index in [2.05, 4.69) is 31.2 Å². The third-order valence-corrected chi connectivity index (χ3v) is 5.95. The summed E-state index contributed by atoms with van der Waals surface area (Å²) in [7, 11) is 0. The smallest absolute Gasteiger partial charge is 0.235 e. The van der Waals surface area contributed by atoms with Crippen LogP contribution in [0.25, 0.3) is 0 Å². The van der Waals surface area contributed by atoms with Gasteiger partial charge in [-0.1, -0.05) is 17.7 Å². The minimum Gasteiger partial charge on any atom is -0.375 e. The van der Waals surface area contributed by atoms with Crippen LogP contribution in [-0.4, -0.2) is 41.4 Å². The van der Waals surface area contributed by atoms with E-state index in [-0.39, 0.29) is 16.8 Å². The number of thioether (sulfide) groups is 1. The average molecular weight is 319 g/mol. The number of rotatable bonds is 3. The molecule has 1 spiro atoms. The molecule has 0 radical (unpaired) electrons. The SMILES string of the molecule is Cc1ccc(SC(C)C(=O)N2CCC3(CCCO3)CC2)cc1. The molecule has 1 amide bonds. The van der Waals surface area contributed by atoms with Gasteiger partial charge in [-0.25, -0.2) is 0 Å². The van der Waals surface area contributed by atoms with Crippen LogP contribution in [0.4, 0.5) is 0 Å². The van der Waals surface area contributed by atoms with Crippen LogP contribution in [0.3, 0.4) is 0 Å². The van der Waals surface area contributed by atoms with E-state index in [9.17, 15) is 4.79 Å². The van der Waals surface area contributed by atoms with E-state index in [0.29, 0.717) is 0 Å². The molecule has 22 heavy (non-hydrogen) atoms. The van der Waals surface area contributed by atoms with Crippen molar-refractivity contribution in [3.63, 3.8) is 0 Å². The Morgan fingerprint density at radius 3 is 2.50 bits per heavy atom. The van der Waals surface area contributed by atoms with Crippen molar-refractivity contribution in [3.05, 3.63) is 29.8 Å². The van der Waals surface area contributed by atoms with E-state index >= 15 is 0 Å². The van der Waals surface area contributed by atoms with Gasteiger partial charge in [-0.3, -0.25) is 4.79 Å². The molecule has 1 unspecified atom stereocenters. The first-order valence-corrected chi connectivity index (χ1v) is 9.12. The Bertz CT molecular complexity index is 512. The highest BCUT2D eigenvalue weighted by Crippen LogP contribution is 2.36. The Morgan fingerprint density at radius 2 is 1.91 bits per heavy atom. The van der Waals surface area contributed by atoms with Crippen LogP contribution in [-0.2, 0) is 9.53 Å². The zero-order valence-electron chi connectivity index (χ0n) is 13.5. The monoisotopic (exact) mass is 319 g/mol. The molecule has 3 nitrogen and oxygen atoms in total. The summed E-state index contributed by atoms with van der Waals surface area (Å²) in [4.78, 5) is 15.8. The minimum absolute atomic E-state index is 0.0266. The molecule has 1 aromatic rings. The number of piperidine rings is 1. The molecular weight excluding hydrogens is 294 g/mol. The molecule has 0 aromatic heterocycles. The minimum atomic E-state index is -0.0266. The first kappa shape index (κ1) is 15.9. The Hall–Kier alpha value is -1.00. The van der Waals surface area contributed by atoms with Gasteiger partial charge in [0.05, 0.1) is 10.9 Å². The predicted molar refractivity (Wildman–Crippen MR) is 90.2 cm³/mol. The van der Waals surface area contributed by atoms with Gasteiger partial charge in [-0.05, 0) is 51.7 Å². The molecule has 1 atom stereocenters. The molecule has 0 aliphatic carbocycles. The Balaban J connectivity index is 1.54. The normalized spacial score (nSPS) is 22.0. The van der Waals surface area contributed by atoms with Crippen LogP contribution in [0.2, 0.25) is 0 Å². The fourth-order valence-corrected chi connectivity index (χ4v) is 4.36. The van der Waals surface area contributed by atoms with Gasteiger partial charge in [0.15, 0.2) is 0 Å². The van der Waals surface area contributed by atoms with Gasteiger partial charge in [0.1, 0.15) is 0 Å². The lowest BCUT2D eigenvalue weighted by Crippen LogP contribution is -2.48. The van der Waals surface area contributed by atoms with Crippen molar-refractivity contribution in [1.29, 1.82) is 0 Å². The molecule has 0 bridgehead atoms. The van der Waals surface area contributed by atoms with Crippen molar-refractivity contribution < 1.29 is 9.53 Å². The Kier molecular flexibility index (Phi) is 4.79.